The number of aromatic carboxylic acids is 1. The quantitative estimate of drug-likeness (QED) is 0.834. The van der Waals surface area contributed by atoms with E-state index in [-0.39, 0.29) is 0 Å². The van der Waals surface area contributed by atoms with E-state index >= 15 is 0 Å². The summed E-state index contributed by atoms with van der Waals surface area (Å²) in [5.41, 5.74) is -1.79. The minimum Gasteiger partial charge on any atom is -0.478 e. The van der Waals surface area contributed by atoms with Crippen LogP contribution in [-0.2, 0) is 12.7 Å². The Balaban J connectivity index is 2.93. The molecule has 7 heteroatoms. The van der Waals surface area contributed by atoms with Crippen molar-refractivity contribution in [3.05, 3.63) is 23.5 Å². The van der Waals surface area contributed by atoms with Gasteiger partial charge in [-0.2, -0.15) is 24.9 Å². The van der Waals surface area contributed by atoms with Crippen molar-refractivity contribution in [2.75, 3.05) is 11.5 Å². The number of carbonyl (C=O) groups is 1. The van der Waals surface area contributed by atoms with Crippen molar-refractivity contribution in [3.63, 3.8) is 0 Å². The predicted molar refractivity (Wildman–Crippen MR) is 59.4 cm³/mol. The highest BCUT2D eigenvalue weighted by Gasteiger charge is 2.36. The second-order valence-electron chi connectivity index (χ2n) is 3.32. The first kappa shape index (κ1) is 14.0. The third-order valence-electron chi connectivity index (χ3n) is 2.11. The second kappa shape index (κ2) is 5.48. The van der Waals surface area contributed by atoms with Crippen molar-refractivity contribution < 1.29 is 23.1 Å². The van der Waals surface area contributed by atoms with E-state index in [1.807, 2.05) is 6.92 Å². The normalized spacial score (nSPS) is 11.8. The molecule has 0 aliphatic heterocycles. The predicted octanol–water partition coefficient (Wildman–Crippen LogP) is 2.96. The Morgan fingerprint density at radius 2 is 2.12 bits per heavy atom. The lowest BCUT2D eigenvalue weighted by molar-refractivity contribution is -0.138. The highest BCUT2D eigenvalue weighted by atomic mass is 32.2. The number of aromatic nitrogens is 1. The van der Waals surface area contributed by atoms with E-state index in [1.54, 1.807) is 11.8 Å². The fourth-order valence-electron chi connectivity index (χ4n) is 1.35. The number of alkyl halides is 3. The van der Waals surface area contributed by atoms with Crippen LogP contribution in [0.3, 0.4) is 0 Å². The summed E-state index contributed by atoms with van der Waals surface area (Å²) in [6, 6.07) is 0. The first-order valence-corrected chi connectivity index (χ1v) is 6.09. The number of aryl methyl sites for hydroxylation is 1. The summed E-state index contributed by atoms with van der Waals surface area (Å²) in [5.74, 6) is -0.0278. The van der Waals surface area contributed by atoms with E-state index in [0.29, 0.717) is 12.3 Å². The molecular formula is C10H12F3NO2S. The van der Waals surface area contributed by atoms with Crippen LogP contribution in [0.4, 0.5) is 13.2 Å². The first-order chi connectivity index (χ1) is 7.86. The Morgan fingerprint density at radius 3 is 2.53 bits per heavy atom. The van der Waals surface area contributed by atoms with Gasteiger partial charge in [0.1, 0.15) is 0 Å². The lowest BCUT2D eigenvalue weighted by atomic mass is 10.2. The van der Waals surface area contributed by atoms with Gasteiger partial charge in [-0.25, -0.2) is 4.79 Å². The van der Waals surface area contributed by atoms with Crippen molar-refractivity contribution in [3.8, 4) is 0 Å². The number of thioether (sulfide) groups is 1. The highest BCUT2D eigenvalue weighted by molar-refractivity contribution is 7.99. The fourth-order valence-corrected chi connectivity index (χ4v) is 1.98. The Morgan fingerprint density at radius 1 is 1.47 bits per heavy atom. The largest absolute Gasteiger partial charge is 0.478 e. The zero-order valence-corrected chi connectivity index (χ0v) is 9.94. The molecule has 96 valence electrons. The number of carboxylic acids is 1. The van der Waals surface area contributed by atoms with Crippen LogP contribution in [0.5, 0.6) is 0 Å². The smallest absolute Gasteiger partial charge is 0.418 e. The van der Waals surface area contributed by atoms with Crippen molar-refractivity contribution in [1.82, 2.24) is 4.57 Å². The molecule has 0 unspecified atom stereocenters. The van der Waals surface area contributed by atoms with E-state index in [2.05, 4.69) is 0 Å². The van der Waals surface area contributed by atoms with Gasteiger partial charge in [0.15, 0.2) is 0 Å². The molecule has 17 heavy (non-hydrogen) atoms. The van der Waals surface area contributed by atoms with Crippen molar-refractivity contribution >= 4 is 17.7 Å². The number of rotatable bonds is 5. The highest BCUT2D eigenvalue weighted by Crippen LogP contribution is 2.32. The lowest BCUT2D eigenvalue weighted by Crippen LogP contribution is -2.09. The SMILES string of the molecule is CCSCCn1cc(C(=O)O)c(C(F)(F)F)c1. The Kier molecular flexibility index (Phi) is 4.50. The van der Waals surface area contributed by atoms with E-state index in [0.717, 1.165) is 18.1 Å². The first-order valence-electron chi connectivity index (χ1n) is 4.94. The monoisotopic (exact) mass is 267 g/mol. The third kappa shape index (κ3) is 3.69. The maximum Gasteiger partial charge on any atom is 0.418 e. The van der Waals surface area contributed by atoms with Gasteiger partial charge in [-0.3, -0.25) is 0 Å². The molecular weight excluding hydrogens is 255 g/mol. The number of halogens is 3. The van der Waals surface area contributed by atoms with Crippen LogP contribution < -0.4 is 0 Å². The van der Waals surface area contributed by atoms with E-state index < -0.39 is 23.3 Å². The minimum absolute atomic E-state index is 0.370. The van der Waals surface area contributed by atoms with Gasteiger partial charge in [-0.1, -0.05) is 6.92 Å². The maximum absolute atomic E-state index is 12.5. The molecule has 0 saturated heterocycles. The molecule has 0 spiro atoms. The fraction of sp³-hybridized carbons (Fsp3) is 0.500. The molecule has 1 aromatic heterocycles. The summed E-state index contributed by atoms with van der Waals surface area (Å²) in [6.45, 7) is 2.32. The molecule has 0 radical (unpaired) electrons. The molecule has 1 heterocycles. The van der Waals surface area contributed by atoms with Crippen molar-refractivity contribution in [2.45, 2.75) is 19.6 Å². The molecule has 3 nitrogen and oxygen atoms in total. The summed E-state index contributed by atoms with van der Waals surface area (Å²) in [7, 11) is 0. The molecule has 0 fully saturated rings. The van der Waals surface area contributed by atoms with E-state index in [9.17, 15) is 18.0 Å². The van der Waals surface area contributed by atoms with Crippen molar-refractivity contribution in [2.24, 2.45) is 0 Å². The van der Waals surface area contributed by atoms with Crippen LogP contribution in [0.2, 0.25) is 0 Å². The van der Waals surface area contributed by atoms with E-state index in [4.69, 9.17) is 5.11 Å². The van der Waals surface area contributed by atoms with Gasteiger partial charge in [0, 0.05) is 24.7 Å². The summed E-state index contributed by atoms with van der Waals surface area (Å²) in [5, 5.41) is 8.70. The third-order valence-corrected chi connectivity index (χ3v) is 2.99. The Hall–Kier alpha value is -1.11. The zero-order valence-electron chi connectivity index (χ0n) is 9.12. The van der Waals surface area contributed by atoms with Crippen molar-refractivity contribution in [1.29, 1.82) is 0 Å². The molecule has 0 aliphatic carbocycles. The van der Waals surface area contributed by atoms with Gasteiger partial charge in [-0.05, 0) is 5.75 Å². The van der Waals surface area contributed by atoms with Gasteiger partial charge in [0.05, 0.1) is 11.1 Å². The molecule has 0 atom stereocenters. The Bertz CT molecular complexity index is 401. The van der Waals surface area contributed by atoms with Crippen LogP contribution in [0, 0.1) is 0 Å². The molecule has 1 aromatic rings. The molecule has 0 aromatic carbocycles. The second-order valence-corrected chi connectivity index (χ2v) is 4.72. The molecule has 0 amide bonds. The maximum atomic E-state index is 12.5. The Labute approximate surface area is 101 Å². The van der Waals surface area contributed by atoms with Crippen LogP contribution >= 0.6 is 11.8 Å². The standard InChI is InChI=1S/C10H12F3NO2S/c1-2-17-4-3-14-5-7(9(15)16)8(6-14)10(11,12)13/h5-6H,2-4H2,1H3,(H,15,16). The number of hydrogen-bond acceptors (Lipinski definition) is 2. The van der Waals surface area contributed by atoms with Crippen LogP contribution in [0.15, 0.2) is 12.4 Å². The van der Waals surface area contributed by atoms with Crippen LogP contribution in [0.1, 0.15) is 22.8 Å². The summed E-state index contributed by atoms with van der Waals surface area (Å²) in [6.07, 6.45) is -2.75. The molecule has 1 N–H and O–H groups in total. The van der Waals surface area contributed by atoms with Gasteiger partial charge in [-0.15, -0.1) is 0 Å². The van der Waals surface area contributed by atoms with Gasteiger partial charge in [0.2, 0.25) is 0 Å². The molecule has 1 rings (SSSR count). The summed E-state index contributed by atoms with van der Waals surface area (Å²) < 4.78 is 38.9. The number of nitrogens with zero attached hydrogens (tertiary/aromatic N) is 1. The van der Waals surface area contributed by atoms with Gasteiger partial charge >= 0.3 is 12.1 Å². The van der Waals surface area contributed by atoms with E-state index in [1.165, 1.54) is 4.57 Å². The number of hydrogen-bond donors (Lipinski definition) is 1. The summed E-state index contributed by atoms with van der Waals surface area (Å²) >= 11 is 1.58. The average Bonchev–Trinajstić information content (AvgIpc) is 2.62. The van der Waals surface area contributed by atoms with Gasteiger partial charge in [0.25, 0.3) is 0 Å². The molecule has 0 bridgehead atoms. The minimum atomic E-state index is -4.63. The lowest BCUT2D eigenvalue weighted by Gasteiger charge is -2.04. The van der Waals surface area contributed by atoms with Crippen LogP contribution in [0.25, 0.3) is 0 Å². The zero-order chi connectivity index (χ0) is 13.1. The van der Waals surface area contributed by atoms with Gasteiger partial charge < -0.3 is 9.67 Å². The average molecular weight is 267 g/mol. The number of carboxylic acid groups (broad SMARTS) is 1. The van der Waals surface area contributed by atoms with Crippen LogP contribution in [-0.4, -0.2) is 27.1 Å². The summed E-state index contributed by atoms with van der Waals surface area (Å²) in [4.78, 5) is 10.7. The molecule has 0 aliphatic rings. The topological polar surface area (TPSA) is 42.2 Å². The molecule has 0 saturated carbocycles.